The summed E-state index contributed by atoms with van der Waals surface area (Å²) in [5.41, 5.74) is 0. The van der Waals surface area contributed by atoms with Crippen molar-refractivity contribution < 1.29 is 0 Å². The maximum atomic E-state index is 4.56. The van der Waals surface area contributed by atoms with E-state index < -0.39 is 0 Å². The van der Waals surface area contributed by atoms with Gasteiger partial charge in [0.25, 0.3) is 0 Å². The van der Waals surface area contributed by atoms with Gasteiger partial charge in [-0.3, -0.25) is 4.99 Å². The van der Waals surface area contributed by atoms with Crippen molar-refractivity contribution >= 4 is 5.84 Å². The number of aliphatic imine (C=N–C) groups is 1. The Hall–Kier alpha value is -0.570. The summed E-state index contributed by atoms with van der Waals surface area (Å²) < 4.78 is 0. The van der Waals surface area contributed by atoms with Crippen LogP contribution in [0.4, 0.5) is 0 Å². The molecule has 0 amide bonds. The number of hydrogen-bond donors (Lipinski definition) is 1. The lowest BCUT2D eigenvalue weighted by Gasteiger charge is -2.36. The minimum Gasteiger partial charge on any atom is -0.371 e. The van der Waals surface area contributed by atoms with Gasteiger partial charge in [0.2, 0.25) is 0 Å². The zero-order valence-corrected chi connectivity index (χ0v) is 10.00. The van der Waals surface area contributed by atoms with Gasteiger partial charge in [-0.2, -0.15) is 0 Å². The monoisotopic (exact) mass is 209 g/mol. The largest absolute Gasteiger partial charge is 0.371 e. The quantitative estimate of drug-likeness (QED) is 0.711. The average Bonchev–Trinajstić information content (AvgIpc) is 2.25. The molecule has 0 bridgehead atoms. The fraction of sp³-hybridized carbons (Fsp3) is 0.917. The maximum Gasteiger partial charge on any atom is 0.0965 e. The average molecular weight is 209 g/mol. The van der Waals surface area contributed by atoms with Crippen molar-refractivity contribution in [2.75, 3.05) is 20.1 Å². The van der Waals surface area contributed by atoms with E-state index in [4.69, 9.17) is 0 Å². The Morgan fingerprint density at radius 3 is 2.93 bits per heavy atom. The summed E-state index contributed by atoms with van der Waals surface area (Å²) in [4.78, 5) is 7.00. The molecule has 2 unspecified atom stereocenters. The molecular formula is C12H23N3. The molecule has 0 aromatic carbocycles. The maximum absolute atomic E-state index is 4.56. The van der Waals surface area contributed by atoms with E-state index in [0.717, 1.165) is 6.54 Å². The summed E-state index contributed by atoms with van der Waals surface area (Å²) in [5.74, 6) is 1.27. The molecule has 2 heterocycles. The van der Waals surface area contributed by atoms with Crippen LogP contribution in [0.2, 0.25) is 0 Å². The van der Waals surface area contributed by atoms with Crippen LogP contribution in [0.5, 0.6) is 0 Å². The number of nitrogens with one attached hydrogen (secondary N) is 1. The Morgan fingerprint density at radius 2 is 2.27 bits per heavy atom. The lowest BCUT2D eigenvalue weighted by atomic mass is 9.98. The number of amidine groups is 1. The van der Waals surface area contributed by atoms with Crippen molar-refractivity contribution in [3.05, 3.63) is 0 Å². The Morgan fingerprint density at radius 1 is 1.40 bits per heavy atom. The van der Waals surface area contributed by atoms with Crippen LogP contribution < -0.4 is 5.32 Å². The predicted octanol–water partition coefficient (Wildman–Crippen LogP) is 1.64. The molecule has 0 spiro atoms. The first kappa shape index (κ1) is 10.9. The van der Waals surface area contributed by atoms with Gasteiger partial charge in [0.15, 0.2) is 0 Å². The second-order valence-electron chi connectivity index (χ2n) is 4.98. The van der Waals surface area contributed by atoms with Crippen molar-refractivity contribution in [3.63, 3.8) is 0 Å². The van der Waals surface area contributed by atoms with Gasteiger partial charge in [-0.1, -0.05) is 0 Å². The standard InChI is InChI=1S/C12H23N3/c1-10-9-11(6-8-15(10)2)14-12-5-3-4-7-13-12/h10-11H,3-9H2,1-2H3,(H,13,14). The molecule has 86 valence electrons. The minimum atomic E-state index is 0.660. The topological polar surface area (TPSA) is 27.6 Å². The highest BCUT2D eigenvalue weighted by Gasteiger charge is 2.23. The third-order valence-electron chi connectivity index (χ3n) is 3.70. The fourth-order valence-electron chi connectivity index (χ4n) is 2.47. The van der Waals surface area contributed by atoms with Gasteiger partial charge in [-0.05, 0) is 39.7 Å². The zero-order valence-electron chi connectivity index (χ0n) is 10.00. The molecule has 1 fully saturated rings. The molecular weight excluding hydrogens is 186 g/mol. The van der Waals surface area contributed by atoms with Gasteiger partial charge in [-0.15, -0.1) is 0 Å². The van der Waals surface area contributed by atoms with Gasteiger partial charge >= 0.3 is 0 Å². The molecule has 0 radical (unpaired) electrons. The number of hydrogen-bond acceptors (Lipinski definition) is 3. The summed E-state index contributed by atoms with van der Waals surface area (Å²) >= 11 is 0. The molecule has 1 N–H and O–H groups in total. The Labute approximate surface area is 92.9 Å². The highest BCUT2D eigenvalue weighted by molar-refractivity contribution is 5.82. The van der Waals surface area contributed by atoms with Gasteiger partial charge in [0.1, 0.15) is 0 Å². The van der Waals surface area contributed by atoms with Gasteiger partial charge in [0.05, 0.1) is 5.84 Å². The van der Waals surface area contributed by atoms with Crippen LogP contribution >= 0.6 is 0 Å². The SMILES string of the molecule is CC1CC(NC2=NCCCC2)CCN1C. The van der Waals surface area contributed by atoms with E-state index in [0.29, 0.717) is 12.1 Å². The molecule has 0 saturated carbocycles. The molecule has 0 aromatic heterocycles. The van der Waals surface area contributed by atoms with Crippen LogP contribution in [0.25, 0.3) is 0 Å². The normalized spacial score (nSPS) is 33.6. The molecule has 3 heteroatoms. The minimum absolute atomic E-state index is 0.660. The molecule has 1 saturated heterocycles. The molecule has 2 rings (SSSR count). The summed E-state index contributed by atoms with van der Waals surface area (Å²) in [7, 11) is 2.22. The van der Waals surface area contributed by atoms with E-state index in [1.165, 1.54) is 44.5 Å². The molecule has 2 atom stereocenters. The van der Waals surface area contributed by atoms with Gasteiger partial charge in [0, 0.05) is 31.6 Å². The third kappa shape index (κ3) is 2.94. The molecule has 15 heavy (non-hydrogen) atoms. The van der Waals surface area contributed by atoms with E-state index in [9.17, 15) is 0 Å². The van der Waals surface area contributed by atoms with E-state index >= 15 is 0 Å². The number of nitrogens with zero attached hydrogens (tertiary/aromatic N) is 2. The Bertz CT molecular complexity index is 237. The predicted molar refractivity (Wildman–Crippen MR) is 64.4 cm³/mol. The van der Waals surface area contributed by atoms with Gasteiger partial charge in [-0.25, -0.2) is 0 Å². The van der Waals surface area contributed by atoms with E-state index in [2.05, 4.69) is 29.2 Å². The number of likely N-dealkylation sites (tertiary alicyclic amines) is 1. The first-order valence-corrected chi connectivity index (χ1v) is 6.26. The van der Waals surface area contributed by atoms with Crippen LogP contribution in [0.3, 0.4) is 0 Å². The van der Waals surface area contributed by atoms with Crippen LogP contribution in [0, 0.1) is 0 Å². The second kappa shape index (κ2) is 4.97. The fourth-order valence-corrected chi connectivity index (χ4v) is 2.47. The highest BCUT2D eigenvalue weighted by atomic mass is 15.2. The van der Waals surface area contributed by atoms with E-state index in [1.54, 1.807) is 0 Å². The van der Waals surface area contributed by atoms with Crippen molar-refractivity contribution in [1.29, 1.82) is 0 Å². The first-order valence-electron chi connectivity index (χ1n) is 6.26. The Kier molecular flexibility index (Phi) is 3.62. The molecule has 0 aliphatic carbocycles. The first-order chi connectivity index (χ1) is 7.25. The summed E-state index contributed by atoms with van der Waals surface area (Å²) in [5, 5.41) is 3.63. The molecule has 3 nitrogen and oxygen atoms in total. The van der Waals surface area contributed by atoms with Crippen LogP contribution in [-0.4, -0.2) is 43.0 Å². The smallest absolute Gasteiger partial charge is 0.0965 e. The number of piperidine rings is 1. The van der Waals surface area contributed by atoms with Gasteiger partial charge < -0.3 is 10.2 Å². The number of rotatable bonds is 1. The van der Waals surface area contributed by atoms with Crippen molar-refractivity contribution in [3.8, 4) is 0 Å². The van der Waals surface area contributed by atoms with Crippen molar-refractivity contribution in [1.82, 2.24) is 10.2 Å². The van der Waals surface area contributed by atoms with Crippen molar-refractivity contribution in [2.24, 2.45) is 4.99 Å². The lowest BCUT2D eigenvalue weighted by Crippen LogP contribution is -2.47. The molecule has 2 aliphatic heterocycles. The summed E-state index contributed by atoms with van der Waals surface area (Å²) in [6.45, 7) is 4.56. The van der Waals surface area contributed by atoms with Crippen LogP contribution in [0.15, 0.2) is 4.99 Å². The zero-order chi connectivity index (χ0) is 10.7. The van der Waals surface area contributed by atoms with E-state index in [-0.39, 0.29) is 0 Å². The Balaban J connectivity index is 1.82. The van der Waals surface area contributed by atoms with Crippen molar-refractivity contribution in [2.45, 2.75) is 51.1 Å². The highest BCUT2D eigenvalue weighted by Crippen LogP contribution is 2.16. The lowest BCUT2D eigenvalue weighted by molar-refractivity contribution is 0.176. The summed E-state index contributed by atoms with van der Waals surface area (Å²) in [6, 6.07) is 1.37. The molecule has 0 aromatic rings. The van der Waals surface area contributed by atoms with Crippen LogP contribution in [-0.2, 0) is 0 Å². The van der Waals surface area contributed by atoms with Crippen LogP contribution in [0.1, 0.15) is 39.0 Å². The second-order valence-corrected chi connectivity index (χ2v) is 4.98. The van der Waals surface area contributed by atoms with E-state index in [1.807, 2.05) is 0 Å². The molecule has 2 aliphatic rings. The third-order valence-corrected chi connectivity index (χ3v) is 3.70. The summed E-state index contributed by atoms with van der Waals surface area (Å²) in [6.07, 6.45) is 6.28.